The van der Waals surface area contributed by atoms with Crippen molar-refractivity contribution < 1.29 is 9.53 Å². The van der Waals surface area contributed by atoms with Gasteiger partial charge in [-0.05, 0) is 35.4 Å². The summed E-state index contributed by atoms with van der Waals surface area (Å²) in [5, 5.41) is 7.38. The van der Waals surface area contributed by atoms with Gasteiger partial charge in [0.25, 0.3) is 0 Å². The highest BCUT2D eigenvalue weighted by Crippen LogP contribution is 2.24. The number of ether oxygens (including phenoxy) is 1. The number of carbonyl (C=O) groups excluding carboxylic acids is 1. The number of hydrogen-bond donors (Lipinski definition) is 2. The Bertz CT molecular complexity index is 603. The molecule has 0 fully saturated rings. The molecule has 0 unspecified atom stereocenters. The van der Waals surface area contributed by atoms with Crippen molar-refractivity contribution in [1.29, 1.82) is 0 Å². The van der Waals surface area contributed by atoms with Crippen LogP contribution >= 0.6 is 35.6 Å². The van der Waals surface area contributed by atoms with Crippen LogP contribution < -0.4 is 10.6 Å². The lowest BCUT2D eigenvalue weighted by Crippen LogP contribution is -2.37. The van der Waals surface area contributed by atoms with E-state index in [0.717, 1.165) is 11.1 Å². The van der Waals surface area contributed by atoms with E-state index in [9.17, 15) is 4.79 Å². The molecule has 136 valence electrons. The molecular weight excluding hydrogens is 383 g/mol. The van der Waals surface area contributed by atoms with Gasteiger partial charge in [-0.3, -0.25) is 4.79 Å². The van der Waals surface area contributed by atoms with Crippen LogP contribution in [-0.4, -0.2) is 32.7 Å². The number of carbonyl (C=O) groups is 1. The lowest BCUT2D eigenvalue weighted by molar-refractivity contribution is -0.120. The summed E-state index contributed by atoms with van der Waals surface area (Å²) in [7, 11) is 1.62. The molecule has 0 aliphatic rings. The van der Waals surface area contributed by atoms with Gasteiger partial charge in [-0.2, -0.15) is 0 Å². The second-order valence-electron chi connectivity index (χ2n) is 5.27. The summed E-state index contributed by atoms with van der Waals surface area (Å²) < 4.78 is 4.95. The molecule has 0 saturated carbocycles. The minimum Gasteiger partial charge on any atom is -0.383 e. The zero-order chi connectivity index (χ0) is 17.4. The Kier molecular flexibility index (Phi) is 9.86. The van der Waals surface area contributed by atoms with Gasteiger partial charge in [-0.1, -0.05) is 47.5 Å². The first-order valence-electron chi connectivity index (χ1n) is 7.60. The molecule has 2 rings (SSSR count). The molecule has 0 radical (unpaired) electrons. The van der Waals surface area contributed by atoms with E-state index in [4.69, 9.17) is 27.9 Å². The van der Waals surface area contributed by atoms with E-state index in [-0.39, 0.29) is 30.9 Å². The molecule has 0 bridgehead atoms. The van der Waals surface area contributed by atoms with Crippen molar-refractivity contribution in [3.63, 3.8) is 0 Å². The van der Waals surface area contributed by atoms with Crippen LogP contribution in [0.3, 0.4) is 0 Å². The summed E-state index contributed by atoms with van der Waals surface area (Å²) in [4.78, 5) is 12.2. The molecule has 4 nitrogen and oxygen atoms in total. The minimum atomic E-state index is -0.267. The quantitative estimate of drug-likeness (QED) is 0.658. The number of hydrogen-bond acceptors (Lipinski definition) is 3. The molecule has 7 heteroatoms. The van der Waals surface area contributed by atoms with Crippen LogP contribution in [0, 0.1) is 0 Å². The molecule has 0 saturated heterocycles. The first kappa shape index (κ1) is 21.7. The third-order valence-electron chi connectivity index (χ3n) is 3.48. The Morgan fingerprint density at radius 1 is 1.00 bits per heavy atom. The number of amides is 1. The van der Waals surface area contributed by atoms with Crippen molar-refractivity contribution in [2.75, 3.05) is 26.8 Å². The van der Waals surface area contributed by atoms with Gasteiger partial charge in [-0.15, -0.1) is 12.4 Å². The summed E-state index contributed by atoms with van der Waals surface area (Å²) in [5.74, 6) is -0.0963. The predicted molar refractivity (Wildman–Crippen MR) is 105 cm³/mol. The van der Waals surface area contributed by atoms with E-state index < -0.39 is 0 Å². The molecular formula is C18H21Cl3N2O2. The fraction of sp³-hybridized carbons (Fsp3) is 0.278. The number of nitrogens with one attached hydrogen (secondary N) is 2. The van der Waals surface area contributed by atoms with Gasteiger partial charge in [0.15, 0.2) is 0 Å². The van der Waals surface area contributed by atoms with E-state index in [1.807, 2.05) is 48.5 Å². The predicted octanol–water partition coefficient (Wildman–Crippen LogP) is 3.86. The number of methoxy groups -OCH3 is 1. The van der Waals surface area contributed by atoms with Crippen LogP contribution in [-0.2, 0) is 9.53 Å². The third kappa shape index (κ3) is 7.22. The Morgan fingerprint density at radius 3 is 1.92 bits per heavy atom. The highest BCUT2D eigenvalue weighted by molar-refractivity contribution is 6.30. The van der Waals surface area contributed by atoms with E-state index >= 15 is 0 Å². The second-order valence-corrected chi connectivity index (χ2v) is 6.15. The maximum Gasteiger partial charge on any atom is 0.234 e. The molecule has 2 aromatic rings. The summed E-state index contributed by atoms with van der Waals surface area (Å²) in [6.45, 7) is 1.41. The highest BCUT2D eigenvalue weighted by Gasteiger charge is 2.16. The standard InChI is InChI=1S/C18H20Cl2N2O2.ClH/c1-24-11-10-21-12-17(23)22-18(13-2-6-15(19)7-3-13)14-4-8-16(20)9-5-14;/h2-9,18,21H,10-12H2,1H3,(H,22,23);1H. The summed E-state index contributed by atoms with van der Waals surface area (Å²) in [5.41, 5.74) is 1.90. The van der Waals surface area contributed by atoms with E-state index in [2.05, 4.69) is 10.6 Å². The van der Waals surface area contributed by atoms with Crippen molar-refractivity contribution in [2.24, 2.45) is 0 Å². The normalized spacial score (nSPS) is 10.4. The molecule has 0 aromatic heterocycles. The molecule has 2 aromatic carbocycles. The van der Waals surface area contributed by atoms with Crippen LogP contribution in [0.4, 0.5) is 0 Å². The number of benzene rings is 2. The molecule has 25 heavy (non-hydrogen) atoms. The van der Waals surface area contributed by atoms with E-state index in [0.29, 0.717) is 23.2 Å². The summed E-state index contributed by atoms with van der Waals surface area (Å²) >= 11 is 11.9. The van der Waals surface area contributed by atoms with E-state index in [1.165, 1.54) is 0 Å². The molecule has 0 atom stereocenters. The monoisotopic (exact) mass is 402 g/mol. The Morgan fingerprint density at radius 2 is 1.48 bits per heavy atom. The molecule has 0 aliphatic carbocycles. The van der Waals surface area contributed by atoms with Crippen LogP contribution in [0.5, 0.6) is 0 Å². The molecule has 0 heterocycles. The van der Waals surface area contributed by atoms with Crippen LogP contribution in [0.15, 0.2) is 48.5 Å². The maximum absolute atomic E-state index is 12.2. The van der Waals surface area contributed by atoms with Gasteiger partial charge in [-0.25, -0.2) is 0 Å². The van der Waals surface area contributed by atoms with Crippen molar-refractivity contribution >= 4 is 41.5 Å². The topological polar surface area (TPSA) is 50.4 Å². The maximum atomic E-state index is 12.2. The van der Waals surface area contributed by atoms with Gasteiger partial charge >= 0.3 is 0 Å². The van der Waals surface area contributed by atoms with Crippen molar-refractivity contribution in [3.8, 4) is 0 Å². The molecule has 0 aliphatic heterocycles. The average molecular weight is 404 g/mol. The fourth-order valence-electron chi connectivity index (χ4n) is 2.26. The van der Waals surface area contributed by atoms with Crippen molar-refractivity contribution in [3.05, 3.63) is 69.7 Å². The number of halogens is 3. The molecule has 2 N–H and O–H groups in total. The lowest BCUT2D eigenvalue weighted by atomic mass is 9.98. The van der Waals surface area contributed by atoms with E-state index in [1.54, 1.807) is 7.11 Å². The second kappa shape index (κ2) is 11.3. The Hall–Kier alpha value is -1.30. The first-order valence-corrected chi connectivity index (χ1v) is 8.35. The van der Waals surface area contributed by atoms with Crippen LogP contribution in [0.1, 0.15) is 17.2 Å². The van der Waals surface area contributed by atoms with Gasteiger partial charge in [0.05, 0.1) is 19.2 Å². The summed E-state index contributed by atoms with van der Waals surface area (Å²) in [6, 6.07) is 14.6. The zero-order valence-corrected chi connectivity index (χ0v) is 16.1. The molecule has 0 spiro atoms. The van der Waals surface area contributed by atoms with Crippen LogP contribution in [0.25, 0.3) is 0 Å². The Balaban J connectivity index is 0.00000312. The minimum absolute atomic E-state index is 0. The SMILES string of the molecule is COCCNCC(=O)NC(c1ccc(Cl)cc1)c1ccc(Cl)cc1.Cl. The van der Waals surface area contributed by atoms with Gasteiger partial charge in [0, 0.05) is 23.7 Å². The summed E-state index contributed by atoms with van der Waals surface area (Å²) in [6.07, 6.45) is 0. The van der Waals surface area contributed by atoms with Crippen molar-refractivity contribution in [2.45, 2.75) is 6.04 Å². The van der Waals surface area contributed by atoms with Crippen LogP contribution in [0.2, 0.25) is 10.0 Å². The largest absolute Gasteiger partial charge is 0.383 e. The first-order chi connectivity index (χ1) is 11.6. The van der Waals surface area contributed by atoms with Gasteiger partial charge in [0.1, 0.15) is 0 Å². The smallest absolute Gasteiger partial charge is 0.234 e. The third-order valence-corrected chi connectivity index (χ3v) is 3.98. The fourth-order valence-corrected chi connectivity index (χ4v) is 2.51. The number of rotatable bonds is 8. The van der Waals surface area contributed by atoms with Gasteiger partial charge in [0.2, 0.25) is 5.91 Å². The highest BCUT2D eigenvalue weighted by atomic mass is 35.5. The lowest BCUT2D eigenvalue weighted by Gasteiger charge is -2.20. The van der Waals surface area contributed by atoms with Gasteiger partial charge < -0.3 is 15.4 Å². The van der Waals surface area contributed by atoms with Crippen molar-refractivity contribution in [1.82, 2.24) is 10.6 Å². The average Bonchev–Trinajstić information content (AvgIpc) is 2.58. The zero-order valence-electron chi connectivity index (χ0n) is 13.8. The Labute approximate surface area is 164 Å². The molecule has 1 amide bonds.